The third-order valence-corrected chi connectivity index (χ3v) is 3.94. The number of hydrogen-bond acceptors (Lipinski definition) is 1. The molecular weight excluding hydrogens is 234 g/mol. The molecule has 3 heteroatoms. The Morgan fingerprint density at radius 1 is 1.24 bits per heavy atom. The molecule has 1 rings (SSSR count). The highest BCUT2D eigenvalue weighted by atomic mass is 35.5. The minimum absolute atomic E-state index is 0.224. The number of rotatable bonds is 10. The maximum atomic E-state index is 11.6. The summed E-state index contributed by atoms with van der Waals surface area (Å²) in [6, 6.07) is 0. The van der Waals surface area contributed by atoms with Crippen molar-refractivity contribution in [2.75, 3.05) is 12.4 Å². The summed E-state index contributed by atoms with van der Waals surface area (Å²) in [7, 11) is 0. The number of nitrogens with one attached hydrogen (secondary N) is 1. The minimum Gasteiger partial charge on any atom is -0.356 e. The summed E-state index contributed by atoms with van der Waals surface area (Å²) in [5.41, 5.74) is 0.361. The third kappa shape index (κ3) is 6.30. The van der Waals surface area contributed by atoms with Crippen LogP contribution in [-0.2, 0) is 4.79 Å². The number of unbranched alkanes of at least 4 members (excludes halogenated alkanes) is 4. The van der Waals surface area contributed by atoms with Crippen molar-refractivity contribution in [1.29, 1.82) is 0 Å². The average Bonchev–Trinajstić information content (AvgIpc) is 3.07. The number of amides is 1. The van der Waals surface area contributed by atoms with Crippen LogP contribution in [0.25, 0.3) is 0 Å². The van der Waals surface area contributed by atoms with E-state index >= 15 is 0 Å². The first-order chi connectivity index (χ1) is 8.22. The lowest BCUT2D eigenvalue weighted by atomic mass is 10.0. The van der Waals surface area contributed by atoms with E-state index < -0.39 is 0 Å². The molecule has 1 aliphatic carbocycles. The van der Waals surface area contributed by atoms with Crippen LogP contribution in [0.5, 0.6) is 0 Å². The molecule has 0 aromatic rings. The quantitative estimate of drug-likeness (QED) is 0.468. The van der Waals surface area contributed by atoms with Gasteiger partial charge in [-0.3, -0.25) is 4.79 Å². The summed E-state index contributed by atoms with van der Waals surface area (Å²) >= 11 is 5.76. The zero-order valence-electron chi connectivity index (χ0n) is 11.1. The Kier molecular flexibility index (Phi) is 6.94. The van der Waals surface area contributed by atoms with Crippen LogP contribution in [0.2, 0.25) is 0 Å². The molecule has 1 aliphatic rings. The van der Waals surface area contributed by atoms with Crippen LogP contribution >= 0.6 is 11.6 Å². The summed E-state index contributed by atoms with van der Waals surface area (Å²) in [4.78, 5) is 11.6. The smallest absolute Gasteiger partial charge is 0.220 e. The maximum absolute atomic E-state index is 11.6. The van der Waals surface area contributed by atoms with Gasteiger partial charge in [0.2, 0.25) is 5.91 Å². The van der Waals surface area contributed by atoms with E-state index in [4.69, 9.17) is 11.6 Å². The molecule has 1 N–H and O–H groups in total. The fourth-order valence-corrected chi connectivity index (χ4v) is 2.56. The van der Waals surface area contributed by atoms with Crippen LogP contribution in [0.15, 0.2) is 0 Å². The molecule has 0 atom stereocenters. The van der Waals surface area contributed by atoms with Crippen LogP contribution in [0, 0.1) is 5.41 Å². The number of hydrogen-bond donors (Lipinski definition) is 1. The van der Waals surface area contributed by atoms with E-state index in [9.17, 15) is 4.79 Å². The Bertz CT molecular complexity index is 226. The van der Waals surface area contributed by atoms with Crippen molar-refractivity contribution in [3.63, 3.8) is 0 Å². The van der Waals surface area contributed by atoms with E-state index in [2.05, 4.69) is 12.2 Å². The molecule has 2 nitrogen and oxygen atoms in total. The van der Waals surface area contributed by atoms with Crippen LogP contribution in [0.1, 0.15) is 64.7 Å². The van der Waals surface area contributed by atoms with E-state index in [1.165, 1.54) is 38.5 Å². The first-order valence-corrected chi connectivity index (χ1v) is 7.58. The first-order valence-electron chi connectivity index (χ1n) is 7.05. The largest absolute Gasteiger partial charge is 0.356 e. The van der Waals surface area contributed by atoms with E-state index in [0.717, 1.165) is 19.4 Å². The van der Waals surface area contributed by atoms with Gasteiger partial charge in [0.25, 0.3) is 0 Å². The predicted molar refractivity (Wildman–Crippen MR) is 73.4 cm³/mol. The molecule has 0 aromatic carbocycles. The number of carbonyl (C=O) groups excluding carboxylic acids is 1. The van der Waals surface area contributed by atoms with Gasteiger partial charge in [0.15, 0.2) is 0 Å². The fourth-order valence-electron chi connectivity index (χ4n) is 2.16. The first kappa shape index (κ1) is 14.8. The Balaban J connectivity index is 1.98. The van der Waals surface area contributed by atoms with Gasteiger partial charge in [0.05, 0.1) is 0 Å². The second kappa shape index (κ2) is 7.97. The molecule has 0 spiro atoms. The summed E-state index contributed by atoms with van der Waals surface area (Å²) in [6.45, 7) is 3.05. The number of carbonyl (C=O) groups is 1. The Morgan fingerprint density at radius 3 is 2.53 bits per heavy atom. The van der Waals surface area contributed by atoms with Gasteiger partial charge in [0.1, 0.15) is 0 Å². The lowest BCUT2D eigenvalue weighted by Crippen LogP contribution is -2.30. The van der Waals surface area contributed by atoms with Gasteiger partial charge >= 0.3 is 0 Å². The molecular formula is C14H26ClNO. The molecule has 0 heterocycles. The molecule has 0 aromatic heterocycles. The van der Waals surface area contributed by atoms with Crippen molar-refractivity contribution in [3.8, 4) is 0 Å². The molecule has 100 valence electrons. The monoisotopic (exact) mass is 259 g/mol. The molecule has 0 bridgehead atoms. The van der Waals surface area contributed by atoms with Crippen molar-refractivity contribution in [2.24, 2.45) is 5.41 Å². The molecule has 0 unspecified atom stereocenters. The maximum Gasteiger partial charge on any atom is 0.220 e. The van der Waals surface area contributed by atoms with E-state index in [-0.39, 0.29) is 5.91 Å². The zero-order chi connectivity index (χ0) is 12.6. The van der Waals surface area contributed by atoms with Crippen molar-refractivity contribution in [3.05, 3.63) is 0 Å². The second-order valence-corrected chi connectivity index (χ2v) is 5.76. The summed E-state index contributed by atoms with van der Waals surface area (Å²) < 4.78 is 0. The predicted octanol–water partition coefficient (Wildman–Crippen LogP) is 3.87. The highest BCUT2D eigenvalue weighted by Gasteiger charge is 2.41. The van der Waals surface area contributed by atoms with Gasteiger partial charge in [-0.05, 0) is 31.1 Å². The van der Waals surface area contributed by atoms with E-state index in [1.807, 2.05) is 0 Å². The SMILES string of the molecule is CCCCCCCC(=O)NCC1(CCCl)CC1. The molecule has 0 aliphatic heterocycles. The van der Waals surface area contributed by atoms with Crippen LogP contribution < -0.4 is 5.32 Å². The number of alkyl halides is 1. The highest BCUT2D eigenvalue weighted by molar-refractivity contribution is 6.17. The average molecular weight is 260 g/mol. The van der Waals surface area contributed by atoms with Gasteiger partial charge in [-0.25, -0.2) is 0 Å². The molecule has 1 amide bonds. The molecule has 1 fully saturated rings. The van der Waals surface area contributed by atoms with Crippen molar-refractivity contribution in [2.45, 2.75) is 64.7 Å². The molecule has 1 saturated carbocycles. The molecule has 0 saturated heterocycles. The lowest BCUT2D eigenvalue weighted by Gasteiger charge is -2.14. The van der Waals surface area contributed by atoms with Gasteiger partial charge < -0.3 is 5.32 Å². The highest BCUT2D eigenvalue weighted by Crippen LogP contribution is 2.48. The molecule has 0 radical (unpaired) electrons. The van der Waals surface area contributed by atoms with E-state index in [0.29, 0.717) is 17.7 Å². The van der Waals surface area contributed by atoms with Crippen LogP contribution in [-0.4, -0.2) is 18.3 Å². The second-order valence-electron chi connectivity index (χ2n) is 5.38. The third-order valence-electron chi connectivity index (χ3n) is 3.75. The van der Waals surface area contributed by atoms with Crippen LogP contribution in [0.3, 0.4) is 0 Å². The van der Waals surface area contributed by atoms with Crippen molar-refractivity contribution >= 4 is 17.5 Å². The standard InChI is InChI=1S/C14H26ClNO/c1-2-3-4-5-6-7-13(17)16-12-14(8-9-14)10-11-15/h2-12H2,1H3,(H,16,17). The van der Waals surface area contributed by atoms with Crippen LogP contribution in [0.4, 0.5) is 0 Å². The lowest BCUT2D eigenvalue weighted by molar-refractivity contribution is -0.121. The summed E-state index contributed by atoms with van der Waals surface area (Å²) in [6.07, 6.45) is 10.2. The Morgan fingerprint density at radius 2 is 1.94 bits per heavy atom. The zero-order valence-corrected chi connectivity index (χ0v) is 11.8. The summed E-state index contributed by atoms with van der Waals surface area (Å²) in [5, 5.41) is 3.06. The number of halogens is 1. The van der Waals surface area contributed by atoms with Gasteiger partial charge in [-0.15, -0.1) is 11.6 Å². The topological polar surface area (TPSA) is 29.1 Å². The van der Waals surface area contributed by atoms with Gasteiger partial charge in [0, 0.05) is 18.8 Å². The van der Waals surface area contributed by atoms with Gasteiger partial charge in [-0.1, -0.05) is 32.6 Å². The van der Waals surface area contributed by atoms with Crippen molar-refractivity contribution < 1.29 is 4.79 Å². The normalized spacial score (nSPS) is 16.8. The minimum atomic E-state index is 0.224. The van der Waals surface area contributed by atoms with E-state index in [1.54, 1.807) is 0 Å². The summed E-state index contributed by atoms with van der Waals surface area (Å²) in [5.74, 6) is 0.940. The Hall–Kier alpha value is -0.240. The molecule has 17 heavy (non-hydrogen) atoms. The fraction of sp³-hybridized carbons (Fsp3) is 0.929. The Labute approximate surface area is 110 Å². The van der Waals surface area contributed by atoms with Gasteiger partial charge in [-0.2, -0.15) is 0 Å². The van der Waals surface area contributed by atoms with Crippen molar-refractivity contribution in [1.82, 2.24) is 5.32 Å².